The molecule has 20 heavy (non-hydrogen) atoms. The smallest absolute Gasteiger partial charge is 0.338 e. The maximum atomic E-state index is 11.8. The molecular formula is C12H14Cl2O5S. The quantitative estimate of drug-likeness (QED) is 0.452. The van der Waals surface area contributed by atoms with Gasteiger partial charge in [-0.05, 0) is 31.5 Å². The Bertz CT molecular complexity index is 598. The van der Waals surface area contributed by atoms with Crippen molar-refractivity contribution in [1.29, 1.82) is 0 Å². The first kappa shape index (κ1) is 17.2. The van der Waals surface area contributed by atoms with Crippen molar-refractivity contribution in [1.82, 2.24) is 0 Å². The molecule has 0 N–H and O–H groups in total. The summed E-state index contributed by atoms with van der Waals surface area (Å²) >= 11 is 5.90. The van der Waals surface area contributed by atoms with Gasteiger partial charge >= 0.3 is 5.97 Å². The SMILES string of the molecule is CCOCCOC(=O)c1cc(Cl)c(C)c(S(=O)(=O)Cl)c1. The molecule has 8 heteroatoms. The van der Waals surface area contributed by atoms with Gasteiger partial charge in [0, 0.05) is 22.3 Å². The molecule has 0 fully saturated rings. The molecule has 0 amide bonds. The van der Waals surface area contributed by atoms with Gasteiger partial charge in [0.15, 0.2) is 0 Å². The monoisotopic (exact) mass is 340 g/mol. The summed E-state index contributed by atoms with van der Waals surface area (Å²) in [5.41, 5.74) is 0.309. The molecule has 1 aromatic rings. The minimum absolute atomic E-state index is 0.0244. The minimum Gasteiger partial charge on any atom is -0.460 e. The highest BCUT2D eigenvalue weighted by atomic mass is 35.7. The van der Waals surface area contributed by atoms with Gasteiger partial charge in [0.1, 0.15) is 6.61 Å². The van der Waals surface area contributed by atoms with Crippen LogP contribution in [-0.2, 0) is 18.5 Å². The Labute approximate surface area is 127 Å². The van der Waals surface area contributed by atoms with Crippen LogP contribution in [0, 0.1) is 6.92 Å². The van der Waals surface area contributed by atoms with Gasteiger partial charge in [-0.1, -0.05) is 11.6 Å². The van der Waals surface area contributed by atoms with Crippen molar-refractivity contribution in [2.24, 2.45) is 0 Å². The molecule has 0 unspecified atom stereocenters. The van der Waals surface area contributed by atoms with Crippen LogP contribution < -0.4 is 0 Å². The fourth-order valence-corrected chi connectivity index (χ4v) is 2.95. The molecule has 0 aliphatic heterocycles. The molecule has 0 heterocycles. The number of carbonyl (C=O) groups is 1. The summed E-state index contributed by atoms with van der Waals surface area (Å²) < 4.78 is 32.8. The maximum absolute atomic E-state index is 11.8. The fourth-order valence-electron chi connectivity index (χ4n) is 1.45. The molecule has 1 aromatic carbocycles. The number of halogens is 2. The van der Waals surface area contributed by atoms with Crippen molar-refractivity contribution >= 4 is 37.3 Å². The average Bonchev–Trinajstić information content (AvgIpc) is 2.36. The largest absolute Gasteiger partial charge is 0.460 e. The van der Waals surface area contributed by atoms with Crippen LogP contribution in [0.15, 0.2) is 17.0 Å². The second kappa shape index (κ2) is 7.26. The van der Waals surface area contributed by atoms with Crippen molar-refractivity contribution in [3.63, 3.8) is 0 Å². The lowest BCUT2D eigenvalue weighted by Gasteiger charge is -2.09. The molecule has 0 bridgehead atoms. The standard InChI is InChI=1S/C12H14Cl2O5S/c1-3-18-4-5-19-12(15)9-6-10(13)8(2)11(7-9)20(14,16)17/h6-7H,3-5H2,1-2H3. The van der Waals surface area contributed by atoms with E-state index in [4.69, 9.17) is 31.8 Å². The lowest BCUT2D eigenvalue weighted by molar-refractivity contribution is 0.0335. The third-order valence-electron chi connectivity index (χ3n) is 2.46. The normalized spacial score (nSPS) is 11.4. The second-order valence-corrected chi connectivity index (χ2v) is 6.79. The molecule has 0 aromatic heterocycles. The molecule has 112 valence electrons. The van der Waals surface area contributed by atoms with Gasteiger partial charge in [-0.15, -0.1) is 0 Å². The Morgan fingerprint density at radius 3 is 2.50 bits per heavy atom. The van der Waals surface area contributed by atoms with E-state index < -0.39 is 15.0 Å². The zero-order valence-electron chi connectivity index (χ0n) is 11.0. The van der Waals surface area contributed by atoms with E-state index in [0.29, 0.717) is 6.61 Å². The van der Waals surface area contributed by atoms with Crippen LogP contribution in [0.2, 0.25) is 5.02 Å². The van der Waals surface area contributed by atoms with E-state index in [1.54, 1.807) is 0 Å². The lowest BCUT2D eigenvalue weighted by Crippen LogP contribution is -2.12. The Morgan fingerprint density at radius 2 is 1.95 bits per heavy atom. The van der Waals surface area contributed by atoms with Gasteiger partial charge in [0.25, 0.3) is 9.05 Å². The number of carbonyl (C=O) groups excluding carboxylic acids is 1. The molecule has 0 aliphatic carbocycles. The van der Waals surface area contributed by atoms with Gasteiger partial charge < -0.3 is 9.47 Å². The van der Waals surface area contributed by atoms with E-state index in [9.17, 15) is 13.2 Å². The van der Waals surface area contributed by atoms with Crippen molar-refractivity contribution in [3.05, 3.63) is 28.3 Å². The molecule has 0 saturated carbocycles. The Balaban J connectivity index is 2.97. The van der Waals surface area contributed by atoms with Crippen LogP contribution in [0.3, 0.4) is 0 Å². The van der Waals surface area contributed by atoms with E-state index in [0.717, 1.165) is 6.07 Å². The summed E-state index contributed by atoms with van der Waals surface area (Å²) in [7, 11) is 1.31. The topological polar surface area (TPSA) is 69.7 Å². The first-order chi connectivity index (χ1) is 9.27. The van der Waals surface area contributed by atoms with E-state index >= 15 is 0 Å². The molecule has 0 saturated heterocycles. The first-order valence-corrected chi connectivity index (χ1v) is 8.45. The van der Waals surface area contributed by atoms with E-state index in [2.05, 4.69) is 0 Å². The zero-order valence-corrected chi connectivity index (χ0v) is 13.3. The molecule has 0 atom stereocenters. The predicted molar refractivity (Wildman–Crippen MR) is 76.0 cm³/mol. The van der Waals surface area contributed by atoms with Gasteiger partial charge in [0.2, 0.25) is 0 Å². The van der Waals surface area contributed by atoms with Crippen molar-refractivity contribution in [2.75, 3.05) is 19.8 Å². The number of ether oxygens (including phenoxy) is 2. The van der Waals surface area contributed by atoms with E-state index in [-0.39, 0.29) is 34.3 Å². The summed E-state index contributed by atoms with van der Waals surface area (Å²) in [4.78, 5) is 11.6. The maximum Gasteiger partial charge on any atom is 0.338 e. The van der Waals surface area contributed by atoms with E-state index in [1.807, 2.05) is 6.92 Å². The summed E-state index contributed by atoms with van der Waals surface area (Å²) in [6.07, 6.45) is 0. The number of hydrogen-bond acceptors (Lipinski definition) is 5. The van der Waals surface area contributed by atoms with Crippen LogP contribution in [-0.4, -0.2) is 34.2 Å². The number of benzene rings is 1. The Kier molecular flexibility index (Phi) is 6.26. The van der Waals surface area contributed by atoms with Crippen LogP contribution in [0.1, 0.15) is 22.8 Å². The minimum atomic E-state index is -3.99. The molecule has 5 nitrogen and oxygen atoms in total. The first-order valence-electron chi connectivity index (χ1n) is 5.77. The third-order valence-corrected chi connectivity index (χ3v) is 4.30. The van der Waals surface area contributed by atoms with Gasteiger partial charge in [-0.2, -0.15) is 0 Å². The predicted octanol–water partition coefficient (Wildman–Crippen LogP) is 2.77. The zero-order chi connectivity index (χ0) is 15.3. The van der Waals surface area contributed by atoms with Crippen LogP contribution >= 0.6 is 22.3 Å². The van der Waals surface area contributed by atoms with Crippen LogP contribution in [0.25, 0.3) is 0 Å². The van der Waals surface area contributed by atoms with Crippen LogP contribution in [0.5, 0.6) is 0 Å². The van der Waals surface area contributed by atoms with Gasteiger partial charge in [0.05, 0.1) is 17.1 Å². The van der Waals surface area contributed by atoms with Crippen LogP contribution in [0.4, 0.5) is 0 Å². The van der Waals surface area contributed by atoms with Gasteiger partial charge in [-0.3, -0.25) is 0 Å². The summed E-state index contributed by atoms with van der Waals surface area (Å²) in [5.74, 6) is -0.687. The molecule has 0 spiro atoms. The summed E-state index contributed by atoms with van der Waals surface area (Å²) in [5, 5.41) is 0.128. The van der Waals surface area contributed by atoms with Gasteiger partial charge in [-0.25, -0.2) is 13.2 Å². The van der Waals surface area contributed by atoms with E-state index in [1.165, 1.54) is 13.0 Å². The van der Waals surface area contributed by atoms with Crippen molar-refractivity contribution in [3.8, 4) is 0 Å². The third kappa shape index (κ3) is 4.63. The molecular weight excluding hydrogens is 327 g/mol. The van der Waals surface area contributed by atoms with Crippen molar-refractivity contribution < 1.29 is 22.7 Å². The highest BCUT2D eigenvalue weighted by Gasteiger charge is 2.20. The van der Waals surface area contributed by atoms with Crippen molar-refractivity contribution in [2.45, 2.75) is 18.7 Å². The Morgan fingerprint density at radius 1 is 1.30 bits per heavy atom. The summed E-state index contributed by atoms with van der Waals surface area (Å²) in [6.45, 7) is 4.17. The molecule has 0 radical (unpaired) electrons. The lowest BCUT2D eigenvalue weighted by atomic mass is 10.1. The summed E-state index contributed by atoms with van der Waals surface area (Å²) in [6, 6.07) is 2.48. The number of rotatable bonds is 6. The second-order valence-electron chi connectivity index (χ2n) is 3.85. The fraction of sp³-hybridized carbons (Fsp3) is 0.417. The molecule has 0 aliphatic rings. The highest BCUT2D eigenvalue weighted by molar-refractivity contribution is 8.13. The average molecular weight is 341 g/mol. The number of esters is 1. The molecule has 1 rings (SSSR count). The number of hydrogen-bond donors (Lipinski definition) is 0. The highest BCUT2D eigenvalue weighted by Crippen LogP contribution is 2.28. The Hall–Kier alpha value is -0.820.